The van der Waals surface area contributed by atoms with Crippen LogP contribution in [0, 0.1) is 0 Å². The van der Waals surface area contributed by atoms with Gasteiger partial charge in [-0.25, -0.2) is 0 Å². The number of hydrogen-bond acceptors (Lipinski definition) is 4. The van der Waals surface area contributed by atoms with Crippen LogP contribution in [-0.2, 0) is 13.0 Å². The van der Waals surface area contributed by atoms with Gasteiger partial charge in [-0.1, -0.05) is 13.0 Å². The number of aryl methyl sites for hydroxylation is 1. The number of phenols is 2. The summed E-state index contributed by atoms with van der Waals surface area (Å²) in [5.41, 5.74) is 0.400. The maximum absolute atomic E-state index is 12.2. The Morgan fingerprint density at radius 2 is 1.95 bits per heavy atom. The molecule has 0 unspecified atom stereocenters. The van der Waals surface area contributed by atoms with Crippen LogP contribution in [0.5, 0.6) is 11.5 Å². The molecule has 0 amide bonds. The lowest BCUT2D eigenvalue weighted by Crippen LogP contribution is -2.22. The zero-order valence-corrected chi connectivity index (χ0v) is 11.0. The summed E-state index contributed by atoms with van der Waals surface area (Å²) in [6, 6.07) is 7.22. The van der Waals surface area contributed by atoms with Crippen LogP contribution in [0.15, 0.2) is 41.3 Å². The van der Waals surface area contributed by atoms with E-state index in [-0.39, 0.29) is 34.9 Å². The Hall–Kier alpha value is -2.56. The van der Waals surface area contributed by atoms with Gasteiger partial charge in [0.2, 0.25) is 0 Å². The molecule has 0 atom stereocenters. The molecular formula is C15H15NO4. The quantitative estimate of drug-likeness (QED) is 0.831. The van der Waals surface area contributed by atoms with Gasteiger partial charge in [-0.05, 0) is 24.1 Å². The van der Waals surface area contributed by atoms with Crippen molar-refractivity contribution in [2.24, 2.45) is 0 Å². The molecule has 1 aromatic carbocycles. The summed E-state index contributed by atoms with van der Waals surface area (Å²) in [7, 11) is 0. The second-order valence-electron chi connectivity index (χ2n) is 4.44. The van der Waals surface area contributed by atoms with Gasteiger partial charge in [0.05, 0.1) is 12.1 Å². The highest BCUT2D eigenvalue weighted by atomic mass is 16.3. The molecule has 104 valence electrons. The Morgan fingerprint density at radius 1 is 1.20 bits per heavy atom. The molecule has 0 aliphatic heterocycles. The van der Waals surface area contributed by atoms with Crippen molar-refractivity contribution in [3.05, 3.63) is 58.0 Å². The molecule has 0 spiro atoms. The predicted octanol–water partition coefficient (Wildman–Crippen LogP) is 1.70. The molecule has 1 heterocycles. The number of phenolic OH excluding ortho intramolecular Hbond substituents is 2. The number of pyridine rings is 1. The van der Waals surface area contributed by atoms with Gasteiger partial charge in [0, 0.05) is 18.3 Å². The molecule has 0 fully saturated rings. The standard InChI is InChI=1S/C15H15NO4/c1-2-10-7-11(13(18)8-12(10)17)14(19)9-16-6-4-3-5-15(16)20/h3-8,17-18H,2,9H2,1H3. The van der Waals surface area contributed by atoms with E-state index in [1.807, 2.05) is 6.92 Å². The van der Waals surface area contributed by atoms with Crippen LogP contribution >= 0.6 is 0 Å². The Balaban J connectivity index is 2.35. The second-order valence-corrected chi connectivity index (χ2v) is 4.44. The lowest BCUT2D eigenvalue weighted by Gasteiger charge is -2.09. The number of aromatic nitrogens is 1. The second kappa shape index (κ2) is 5.61. The van der Waals surface area contributed by atoms with Gasteiger partial charge in [0.25, 0.3) is 5.56 Å². The van der Waals surface area contributed by atoms with Crippen LogP contribution in [-0.4, -0.2) is 20.6 Å². The molecule has 0 aliphatic rings. The number of Topliss-reactive ketones (excluding diaryl/α,β-unsaturated/α-hetero) is 1. The Kier molecular flexibility index (Phi) is 3.89. The third kappa shape index (κ3) is 2.71. The van der Waals surface area contributed by atoms with Crippen molar-refractivity contribution < 1.29 is 15.0 Å². The van der Waals surface area contributed by atoms with E-state index in [0.29, 0.717) is 12.0 Å². The molecular weight excluding hydrogens is 258 g/mol. The molecule has 2 aromatic rings. The molecule has 20 heavy (non-hydrogen) atoms. The van der Waals surface area contributed by atoms with E-state index in [9.17, 15) is 19.8 Å². The topological polar surface area (TPSA) is 79.5 Å². The first kappa shape index (κ1) is 13.9. The minimum absolute atomic E-state index is 0.0431. The van der Waals surface area contributed by atoms with Crippen molar-refractivity contribution in [1.82, 2.24) is 4.57 Å². The molecule has 1 aromatic heterocycles. The Bertz CT molecular complexity index is 703. The minimum atomic E-state index is -0.384. The van der Waals surface area contributed by atoms with Gasteiger partial charge >= 0.3 is 0 Å². The van der Waals surface area contributed by atoms with Gasteiger partial charge in [0.15, 0.2) is 5.78 Å². The Labute approximate surface area is 115 Å². The number of aromatic hydroxyl groups is 2. The van der Waals surface area contributed by atoms with Gasteiger partial charge in [-0.3, -0.25) is 9.59 Å². The van der Waals surface area contributed by atoms with Crippen LogP contribution in [0.2, 0.25) is 0 Å². The van der Waals surface area contributed by atoms with Gasteiger partial charge < -0.3 is 14.8 Å². The molecule has 5 heteroatoms. The number of carbonyl (C=O) groups is 1. The molecule has 0 radical (unpaired) electrons. The fourth-order valence-corrected chi connectivity index (χ4v) is 1.96. The number of rotatable bonds is 4. The fourth-order valence-electron chi connectivity index (χ4n) is 1.96. The maximum Gasteiger partial charge on any atom is 0.250 e. The van der Waals surface area contributed by atoms with E-state index in [1.165, 1.54) is 22.9 Å². The van der Waals surface area contributed by atoms with E-state index in [1.54, 1.807) is 12.1 Å². The third-order valence-corrected chi connectivity index (χ3v) is 3.09. The van der Waals surface area contributed by atoms with Crippen molar-refractivity contribution in [3.63, 3.8) is 0 Å². The number of ketones is 1. The Morgan fingerprint density at radius 3 is 2.60 bits per heavy atom. The van der Waals surface area contributed by atoms with Crippen LogP contribution in [0.25, 0.3) is 0 Å². The molecule has 0 saturated carbocycles. The van der Waals surface area contributed by atoms with Gasteiger partial charge in [0.1, 0.15) is 11.5 Å². The van der Waals surface area contributed by atoms with E-state index >= 15 is 0 Å². The van der Waals surface area contributed by atoms with Crippen LogP contribution < -0.4 is 5.56 Å². The normalized spacial score (nSPS) is 10.4. The molecule has 0 bridgehead atoms. The average Bonchev–Trinajstić information content (AvgIpc) is 2.41. The highest BCUT2D eigenvalue weighted by molar-refractivity contribution is 5.98. The smallest absolute Gasteiger partial charge is 0.250 e. The van der Waals surface area contributed by atoms with E-state index in [2.05, 4.69) is 0 Å². The summed E-state index contributed by atoms with van der Waals surface area (Å²) in [6.45, 7) is 1.68. The largest absolute Gasteiger partial charge is 0.508 e. The summed E-state index contributed by atoms with van der Waals surface area (Å²) < 4.78 is 1.26. The summed E-state index contributed by atoms with van der Waals surface area (Å²) >= 11 is 0. The van der Waals surface area contributed by atoms with E-state index in [0.717, 1.165) is 6.07 Å². The van der Waals surface area contributed by atoms with Crippen molar-refractivity contribution in [2.45, 2.75) is 19.9 Å². The molecule has 0 aliphatic carbocycles. The number of benzene rings is 1. The summed E-state index contributed by atoms with van der Waals surface area (Å²) in [5.74, 6) is -0.711. The third-order valence-electron chi connectivity index (χ3n) is 3.09. The van der Waals surface area contributed by atoms with Crippen LogP contribution in [0.3, 0.4) is 0 Å². The lowest BCUT2D eigenvalue weighted by molar-refractivity contribution is 0.0968. The average molecular weight is 273 g/mol. The molecule has 2 rings (SSSR count). The summed E-state index contributed by atoms with van der Waals surface area (Å²) in [5, 5.41) is 19.4. The number of hydrogen-bond donors (Lipinski definition) is 2. The number of carbonyl (C=O) groups excluding carboxylic acids is 1. The summed E-state index contributed by atoms with van der Waals surface area (Å²) in [6.07, 6.45) is 2.05. The molecule has 2 N–H and O–H groups in total. The van der Waals surface area contributed by atoms with Crippen molar-refractivity contribution in [1.29, 1.82) is 0 Å². The first-order valence-electron chi connectivity index (χ1n) is 6.26. The zero-order valence-electron chi connectivity index (χ0n) is 11.0. The first-order chi connectivity index (χ1) is 9.52. The maximum atomic E-state index is 12.2. The highest BCUT2D eigenvalue weighted by Gasteiger charge is 2.15. The fraction of sp³-hybridized carbons (Fsp3) is 0.200. The van der Waals surface area contributed by atoms with Crippen molar-refractivity contribution in [2.75, 3.05) is 0 Å². The monoisotopic (exact) mass is 273 g/mol. The molecule has 5 nitrogen and oxygen atoms in total. The lowest BCUT2D eigenvalue weighted by atomic mass is 10.0. The SMILES string of the molecule is CCc1cc(C(=O)Cn2ccccc2=O)c(O)cc1O. The van der Waals surface area contributed by atoms with Gasteiger partial charge in [-0.15, -0.1) is 0 Å². The van der Waals surface area contributed by atoms with Gasteiger partial charge in [-0.2, -0.15) is 0 Å². The molecule has 0 saturated heterocycles. The summed E-state index contributed by atoms with van der Waals surface area (Å²) in [4.78, 5) is 23.7. The zero-order chi connectivity index (χ0) is 14.7. The first-order valence-corrected chi connectivity index (χ1v) is 6.26. The van der Waals surface area contributed by atoms with Crippen LogP contribution in [0.4, 0.5) is 0 Å². The predicted molar refractivity (Wildman–Crippen MR) is 74.2 cm³/mol. The van der Waals surface area contributed by atoms with Crippen molar-refractivity contribution >= 4 is 5.78 Å². The minimum Gasteiger partial charge on any atom is -0.508 e. The van der Waals surface area contributed by atoms with E-state index in [4.69, 9.17) is 0 Å². The van der Waals surface area contributed by atoms with E-state index < -0.39 is 0 Å². The number of nitrogens with zero attached hydrogens (tertiary/aromatic N) is 1. The highest BCUT2D eigenvalue weighted by Crippen LogP contribution is 2.28. The van der Waals surface area contributed by atoms with Crippen molar-refractivity contribution in [3.8, 4) is 11.5 Å². The van der Waals surface area contributed by atoms with Crippen LogP contribution in [0.1, 0.15) is 22.8 Å².